The molecule has 0 saturated carbocycles. The van der Waals surface area contributed by atoms with Crippen LogP contribution in [0.1, 0.15) is 19.7 Å². The van der Waals surface area contributed by atoms with Crippen molar-refractivity contribution in [1.82, 2.24) is 15.3 Å². The molecule has 1 heterocycles. The highest BCUT2D eigenvalue weighted by Gasteiger charge is 1.94. The highest BCUT2D eigenvalue weighted by molar-refractivity contribution is 4.87. The van der Waals surface area contributed by atoms with Crippen LogP contribution in [-0.2, 0) is 6.42 Å². The van der Waals surface area contributed by atoms with Crippen molar-refractivity contribution in [3.63, 3.8) is 0 Å². The number of hydrogen-bond donors (Lipinski definition) is 2. The molecule has 0 bridgehead atoms. The molecule has 1 aromatic heterocycles. The Hall–Kier alpha value is -0.830. The second-order valence-electron chi connectivity index (χ2n) is 2.89. The topological polar surface area (TPSA) is 40.7 Å². The van der Waals surface area contributed by atoms with Gasteiger partial charge in [-0.15, -0.1) is 0 Å². The van der Waals surface area contributed by atoms with E-state index in [0.29, 0.717) is 6.04 Å². The number of rotatable bonds is 4. The fourth-order valence-electron chi connectivity index (χ4n) is 0.914. The fraction of sp³-hybridized carbons (Fsp3) is 0.625. The minimum atomic E-state index is 0.560. The average molecular weight is 153 g/mol. The number of nitrogens with one attached hydrogen (secondary N) is 2. The predicted octanol–water partition coefficient (Wildman–Crippen LogP) is 0.950. The van der Waals surface area contributed by atoms with Gasteiger partial charge < -0.3 is 10.3 Å². The Morgan fingerprint density at radius 3 is 3.00 bits per heavy atom. The van der Waals surface area contributed by atoms with E-state index in [0.717, 1.165) is 18.8 Å². The highest BCUT2D eigenvalue weighted by atomic mass is 14.9. The molecule has 1 aromatic rings. The lowest BCUT2D eigenvalue weighted by molar-refractivity contribution is 0.584. The van der Waals surface area contributed by atoms with E-state index in [9.17, 15) is 0 Å². The van der Waals surface area contributed by atoms with Crippen LogP contribution in [0.3, 0.4) is 0 Å². The first-order chi connectivity index (χ1) is 5.29. The summed E-state index contributed by atoms with van der Waals surface area (Å²) in [7, 11) is 0. The van der Waals surface area contributed by atoms with E-state index in [1.807, 2.05) is 6.20 Å². The van der Waals surface area contributed by atoms with Gasteiger partial charge in [-0.2, -0.15) is 0 Å². The van der Waals surface area contributed by atoms with Gasteiger partial charge in [0.2, 0.25) is 0 Å². The van der Waals surface area contributed by atoms with Gasteiger partial charge in [-0.1, -0.05) is 13.8 Å². The molecule has 0 saturated heterocycles. The first-order valence-electron chi connectivity index (χ1n) is 4.00. The summed E-state index contributed by atoms with van der Waals surface area (Å²) >= 11 is 0. The van der Waals surface area contributed by atoms with Crippen molar-refractivity contribution in [3.05, 3.63) is 18.2 Å². The molecule has 0 unspecified atom stereocenters. The van der Waals surface area contributed by atoms with E-state index in [1.54, 1.807) is 6.20 Å². The summed E-state index contributed by atoms with van der Waals surface area (Å²) in [6.45, 7) is 5.27. The lowest BCUT2D eigenvalue weighted by Crippen LogP contribution is -2.25. The van der Waals surface area contributed by atoms with E-state index < -0.39 is 0 Å². The van der Waals surface area contributed by atoms with Gasteiger partial charge in [0, 0.05) is 31.4 Å². The highest BCUT2D eigenvalue weighted by Crippen LogP contribution is 1.88. The van der Waals surface area contributed by atoms with Crippen LogP contribution in [0.4, 0.5) is 0 Å². The second-order valence-corrected chi connectivity index (χ2v) is 2.89. The Balaban J connectivity index is 2.14. The summed E-state index contributed by atoms with van der Waals surface area (Å²) < 4.78 is 0. The number of nitrogens with zero attached hydrogens (tertiary/aromatic N) is 1. The quantitative estimate of drug-likeness (QED) is 0.676. The summed E-state index contributed by atoms with van der Waals surface area (Å²) in [6, 6.07) is 0.560. The molecule has 1 rings (SSSR count). The zero-order valence-corrected chi connectivity index (χ0v) is 7.09. The SMILES string of the molecule is CC(C)NCCc1ncc[nH]1. The molecule has 0 aliphatic carbocycles. The largest absolute Gasteiger partial charge is 0.349 e. The molecule has 0 aliphatic rings. The van der Waals surface area contributed by atoms with Gasteiger partial charge in [0.1, 0.15) is 5.82 Å². The number of aromatic amines is 1. The van der Waals surface area contributed by atoms with E-state index in [1.165, 1.54) is 0 Å². The lowest BCUT2D eigenvalue weighted by atomic mass is 10.3. The van der Waals surface area contributed by atoms with Gasteiger partial charge in [0.25, 0.3) is 0 Å². The number of hydrogen-bond acceptors (Lipinski definition) is 2. The standard InChI is InChI=1S/C8H15N3/c1-7(2)9-4-3-8-10-5-6-11-8/h5-7,9H,3-4H2,1-2H3,(H,10,11). The molecule has 2 N–H and O–H groups in total. The molecule has 0 atom stereocenters. The van der Waals surface area contributed by atoms with Crippen molar-refractivity contribution in [1.29, 1.82) is 0 Å². The van der Waals surface area contributed by atoms with E-state index >= 15 is 0 Å². The first-order valence-corrected chi connectivity index (χ1v) is 4.00. The second kappa shape index (κ2) is 4.13. The lowest BCUT2D eigenvalue weighted by Gasteiger charge is -2.05. The Morgan fingerprint density at radius 1 is 1.64 bits per heavy atom. The van der Waals surface area contributed by atoms with Crippen molar-refractivity contribution < 1.29 is 0 Å². The van der Waals surface area contributed by atoms with Crippen LogP contribution in [0, 0.1) is 0 Å². The van der Waals surface area contributed by atoms with Crippen LogP contribution in [0.15, 0.2) is 12.4 Å². The third-order valence-electron chi connectivity index (χ3n) is 1.47. The van der Waals surface area contributed by atoms with Crippen LogP contribution in [0.2, 0.25) is 0 Å². The molecule has 0 radical (unpaired) electrons. The predicted molar refractivity (Wildman–Crippen MR) is 45.4 cm³/mol. The normalized spacial score (nSPS) is 10.8. The van der Waals surface area contributed by atoms with Gasteiger partial charge >= 0.3 is 0 Å². The van der Waals surface area contributed by atoms with Crippen molar-refractivity contribution in [2.45, 2.75) is 26.3 Å². The number of imidazole rings is 1. The van der Waals surface area contributed by atoms with E-state index in [-0.39, 0.29) is 0 Å². The van der Waals surface area contributed by atoms with E-state index in [4.69, 9.17) is 0 Å². The molecular weight excluding hydrogens is 138 g/mol. The van der Waals surface area contributed by atoms with Gasteiger partial charge in [-0.05, 0) is 0 Å². The first kappa shape index (κ1) is 8.27. The Morgan fingerprint density at radius 2 is 2.45 bits per heavy atom. The maximum atomic E-state index is 4.12. The molecule has 0 aliphatic heterocycles. The maximum Gasteiger partial charge on any atom is 0.107 e. The number of H-pyrrole nitrogens is 1. The maximum absolute atomic E-state index is 4.12. The zero-order chi connectivity index (χ0) is 8.10. The summed E-state index contributed by atoms with van der Waals surface area (Å²) in [4.78, 5) is 7.18. The minimum Gasteiger partial charge on any atom is -0.349 e. The van der Waals surface area contributed by atoms with Crippen LogP contribution >= 0.6 is 0 Å². The summed E-state index contributed by atoms with van der Waals surface area (Å²) in [6.07, 6.45) is 4.61. The fourth-order valence-corrected chi connectivity index (χ4v) is 0.914. The summed E-state index contributed by atoms with van der Waals surface area (Å²) in [5.41, 5.74) is 0. The Kier molecular flexibility index (Phi) is 3.11. The third kappa shape index (κ3) is 3.18. The molecule has 0 aromatic carbocycles. The Labute approximate surface area is 67.2 Å². The third-order valence-corrected chi connectivity index (χ3v) is 1.47. The zero-order valence-electron chi connectivity index (χ0n) is 7.09. The van der Waals surface area contributed by atoms with Gasteiger partial charge in [-0.3, -0.25) is 0 Å². The molecule has 3 heteroatoms. The van der Waals surface area contributed by atoms with Crippen LogP contribution in [0.5, 0.6) is 0 Å². The number of aromatic nitrogens is 2. The van der Waals surface area contributed by atoms with Crippen LogP contribution in [0.25, 0.3) is 0 Å². The van der Waals surface area contributed by atoms with Crippen molar-refractivity contribution in [2.24, 2.45) is 0 Å². The van der Waals surface area contributed by atoms with Crippen molar-refractivity contribution in [2.75, 3.05) is 6.54 Å². The molecule has 0 amide bonds. The molecule has 0 fully saturated rings. The molecule has 62 valence electrons. The summed E-state index contributed by atoms with van der Waals surface area (Å²) in [5, 5.41) is 3.32. The van der Waals surface area contributed by atoms with Gasteiger partial charge in [0.15, 0.2) is 0 Å². The summed E-state index contributed by atoms with van der Waals surface area (Å²) in [5.74, 6) is 1.05. The van der Waals surface area contributed by atoms with Gasteiger partial charge in [-0.25, -0.2) is 4.98 Å². The molecule has 3 nitrogen and oxygen atoms in total. The molecular formula is C8H15N3. The van der Waals surface area contributed by atoms with Crippen LogP contribution < -0.4 is 5.32 Å². The Bertz CT molecular complexity index is 179. The molecule has 0 spiro atoms. The minimum absolute atomic E-state index is 0.560. The van der Waals surface area contributed by atoms with Crippen molar-refractivity contribution in [3.8, 4) is 0 Å². The van der Waals surface area contributed by atoms with Crippen molar-refractivity contribution >= 4 is 0 Å². The molecule has 11 heavy (non-hydrogen) atoms. The average Bonchev–Trinajstić information content (AvgIpc) is 2.39. The van der Waals surface area contributed by atoms with Crippen LogP contribution in [-0.4, -0.2) is 22.6 Å². The van der Waals surface area contributed by atoms with Gasteiger partial charge in [0.05, 0.1) is 0 Å². The monoisotopic (exact) mass is 153 g/mol. The smallest absolute Gasteiger partial charge is 0.107 e. The van der Waals surface area contributed by atoms with E-state index in [2.05, 4.69) is 29.1 Å².